The third kappa shape index (κ3) is 13.1. The number of carbonyl (C=O) groups excluding carboxylic acids is 1. The first kappa shape index (κ1) is 58.8. The van der Waals surface area contributed by atoms with Crippen LogP contribution in [0.1, 0.15) is 60.4 Å². The van der Waals surface area contributed by atoms with Crippen LogP contribution in [-0.4, -0.2) is 12.1 Å². The van der Waals surface area contributed by atoms with Gasteiger partial charge in [-0.05, 0) is 42.5 Å². The van der Waals surface area contributed by atoms with Crippen LogP contribution < -0.4 is 32.2 Å². The van der Waals surface area contributed by atoms with E-state index in [9.17, 15) is 110 Å². The van der Waals surface area contributed by atoms with Gasteiger partial charge in [0.05, 0.1) is 44.5 Å². The SMILES string of the molecule is FC(F)(F)c1cc([B-](c2cc(C(F)(F)F)cc(C(F)(F)F)c2)(c2cc(C(F)(F)F)cc(C(F)(F)F)c2)c2cc(C(F)(F)F)cc(C(F)(F)F)c2)cc(C(F)(F)F)c1.NC(=O)c1cccc2ccc[n+](Cc3ccccc3)c12. The number of aromatic nitrogens is 1. The maximum atomic E-state index is 14.2. The van der Waals surface area contributed by atoms with Crippen LogP contribution in [-0.2, 0) is 56.0 Å². The number of amides is 1. The highest BCUT2D eigenvalue weighted by atomic mass is 19.4. The fourth-order valence-electron chi connectivity index (χ4n) is 8.52. The average Bonchev–Trinajstić information content (AvgIpc) is 3.29. The molecule has 2 N–H and O–H groups in total. The minimum atomic E-state index is -6.13. The van der Waals surface area contributed by atoms with Crippen molar-refractivity contribution in [2.24, 2.45) is 5.73 Å². The maximum Gasteiger partial charge on any atom is 0.416 e. The van der Waals surface area contributed by atoms with Crippen LogP contribution in [0.5, 0.6) is 0 Å². The Morgan fingerprint density at radius 1 is 0.364 bits per heavy atom. The molecule has 0 atom stereocenters. The Bertz CT molecular complexity index is 2870. The highest BCUT2D eigenvalue weighted by Crippen LogP contribution is 2.41. The Kier molecular flexibility index (Phi) is 15.4. The molecule has 1 aromatic heterocycles. The number of fused-ring (bicyclic) bond motifs is 1. The number of pyridine rings is 1. The predicted octanol–water partition coefficient (Wildman–Crippen LogP) is 13.5. The molecule has 0 aliphatic heterocycles. The van der Waals surface area contributed by atoms with Gasteiger partial charge in [-0.1, -0.05) is 84.9 Å². The second-order valence-corrected chi connectivity index (χ2v) is 17.0. The van der Waals surface area contributed by atoms with Crippen LogP contribution in [0.3, 0.4) is 0 Å². The van der Waals surface area contributed by atoms with Gasteiger partial charge >= 0.3 is 49.4 Å². The first-order chi connectivity index (χ1) is 35.0. The van der Waals surface area contributed by atoms with Crippen molar-refractivity contribution in [1.29, 1.82) is 0 Å². The summed E-state index contributed by atoms with van der Waals surface area (Å²) in [6.45, 7) is 0.711. The van der Waals surface area contributed by atoms with E-state index < -0.39 is 201 Å². The first-order valence-corrected chi connectivity index (χ1v) is 21.1. The molecule has 0 saturated carbocycles. The smallest absolute Gasteiger partial charge is 0.365 e. The van der Waals surface area contributed by atoms with E-state index >= 15 is 0 Å². The van der Waals surface area contributed by atoms with Gasteiger partial charge < -0.3 is 5.73 Å². The van der Waals surface area contributed by atoms with Gasteiger partial charge in [-0.15, -0.1) is 0 Å². The molecule has 0 spiro atoms. The number of nitrogens with two attached hydrogens (primary N) is 1. The number of hydrogen-bond acceptors (Lipinski definition) is 1. The normalized spacial score (nSPS) is 13.4. The molecule has 0 fully saturated rings. The van der Waals surface area contributed by atoms with Crippen LogP contribution >= 0.6 is 0 Å². The zero-order chi connectivity index (χ0) is 57.9. The summed E-state index contributed by atoms with van der Waals surface area (Å²) in [5.41, 5.74) is -22.1. The molecule has 1 amide bonds. The topological polar surface area (TPSA) is 47.0 Å². The Balaban J connectivity index is 0.000000397. The second-order valence-electron chi connectivity index (χ2n) is 17.0. The van der Waals surface area contributed by atoms with Crippen LogP contribution in [0.2, 0.25) is 0 Å². The maximum absolute atomic E-state index is 14.2. The zero-order valence-electron chi connectivity index (χ0n) is 37.6. The number of hydrogen-bond donors (Lipinski definition) is 1. The van der Waals surface area contributed by atoms with Gasteiger partial charge in [-0.3, -0.25) is 4.79 Å². The molecular weight excluding hydrogens is 1100 g/mol. The highest BCUT2D eigenvalue weighted by molar-refractivity contribution is 7.20. The standard InChI is InChI=1S/C32H12BF24.C17H14N2O/c34-25(35,36)13-1-14(26(37,38)39)6-21(5-13)33(22-7-15(27(40,41)42)2-16(8-22)28(43,44)45,23-9-17(29(46,47)48)3-18(10-23)30(49,50)51)24-11-19(31(52,53)54)4-20(12-24)32(55,56)57;18-17(20)15-10-4-8-14-9-5-11-19(16(14)15)12-13-6-2-1-3-7-13/h1-12H;1-11H,12H2,(H-,18,20)/q-1;/p+1. The molecule has 410 valence electrons. The first-order valence-electron chi connectivity index (χ1n) is 21.1. The lowest BCUT2D eigenvalue weighted by atomic mass is 9.12. The molecule has 77 heavy (non-hydrogen) atoms. The van der Waals surface area contributed by atoms with Gasteiger partial charge in [0.1, 0.15) is 11.7 Å². The summed E-state index contributed by atoms with van der Waals surface area (Å²) in [5, 5.41) is 1.01. The molecule has 7 aromatic rings. The number of para-hydroxylation sites is 1. The van der Waals surface area contributed by atoms with Crippen molar-refractivity contribution >= 4 is 44.8 Å². The molecule has 7 rings (SSSR count). The minimum Gasteiger partial charge on any atom is -0.365 e. The van der Waals surface area contributed by atoms with Gasteiger partial charge in [-0.25, -0.2) is 0 Å². The van der Waals surface area contributed by atoms with E-state index in [2.05, 4.69) is 16.7 Å². The third-order valence-corrected chi connectivity index (χ3v) is 11.8. The van der Waals surface area contributed by atoms with E-state index in [1.807, 2.05) is 48.7 Å². The summed E-state index contributed by atoms with van der Waals surface area (Å²) in [4.78, 5) is 11.6. The van der Waals surface area contributed by atoms with Crippen LogP contribution in [0.15, 0.2) is 140 Å². The van der Waals surface area contributed by atoms with E-state index in [4.69, 9.17) is 5.73 Å². The van der Waals surface area contributed by atoms with Crippen molar-refractivity contribution in [1.82, 2.24) is 0 Å². The number of halogens is 24. The molecule has 0 radical (unpaired) electrons. The Morgan fingerprint density at radius 3 is 0.896 bits per heavy atom. The molecule has 3 nitrogen and oxygen atoms in total. The molecule has 0 aliphatic rings. The van der Waals surface area contributed by atoms with E-state index in [1.54, 1.807) is 6.07 Å². The summed E-state index contributed by atoms with van der Waals surface area (Å²) >= 11 is 0. The van der Waals surface area contributed by atoms with Gasteiger partial charge in [-0.2, -0.15) is 132 Å². The highest BCUT2D eigenvalue weighted by Gasteiger charge is 2.47. The van der Waals surface area contributed by atoms with Gasteiger partial charge in [0, 0.05) is 17.0 Å². The van der Waals surface area contributed by atoms with Gasteiger partial charge in [0.25, 0.3) is 5.91 Å². The van der Waals surface area contributed by atoms with E-state index in [-0.39, 0.29) is 0 Å². The number of primary amides is 1. The average molecular weight is 1130 g/mol. The molecule has 1 heterocycles. The zero-order valence-corrected chi connectivity index (χ0v) is 37.6. The van der Waals surface area contributed by atoms with Gasteiger partial charge in [0.15, 0.2) is 12.7 Å². The van der Waals surface area contributed by atoms with Crippen molar-refractivity contribution < 1.29 is 115 Å². The molecule has 6 aromatic carbocycles. The van der Waals surface area contributed by atoms with Gasteiger partial charge in [0.2, 0.25) is 5.52 Å². The monoisotopic (exact) mass is 1130 g/mol. The second kappa shape index (κ2) is 20.2. The Morgan fingerprint density at radius 2 is 0.636 bits per heavy atom. The number of alkyl halides is 24. The Labute approximate surface area is 416 Å². The number of nitrogens with zero attached hydrogens (tertiary/aromatic N) is 1. The molecule has 0 bridgehead atoms. The molecule has 0 aliphatic carbocycles. The van der Waals surface area contributed by atoms with Crippen LogP contribution in [0.4, 0.5) is 105 Å². The van der Waals surface area contributed by atoms with Crippen molar-refractivity contribution in [3.63, 3.8) is 0 Å². The lowest BCUT2D eigenvalue weighted by Gasteiger charge is -2.46. The van der Waals surface area contributed by atoms with E-state index in [1.165, 1.54) is 5.56 Å². The largest absolute Gasteiger partial charge is 0.416 e. The molecule has 0 unspecified atom stereocenters. The van der Waals surface area contributed by atoms with Crippen molar-refractivity contribution in [2.45, 2.75) is 56.0 Å². The fourth-order valence-corrected chi connectivity index (χ4v) is 8.52. The fraction of sp³-hybridized carbons (Fsp3) is 0.184. The van der Waals surface area contributed by atoms with Crippen LogP contribution in [0.25, 0.3) is 10.9 Å². The summed E-state index contributed by atoms with van der Waals surface area (Å²) in [6.07, 6.45) is -52.8. The summed E-state index contributed by atoms with van der Waals surface area (Å²) < 4.78 is 343. The summed E-state index contributed by atoms with van der Waals surface area (Å²) in [7, 11) is 0. The van der Waals surface area contributed by atoms with Crippen molar-refractivity contribution in [3.05, 3.63) is 195 Å². The minimum absolute atomic E-state index is 0.399. The third-order valence-electron chi connectivity index (χ3n) is 11.8. The van der Waals surface area contributed by atoms with Crippen molar-refractivity contribution in [2.75, 3.05) is 0 Å². The lowest BCUT2D eigenvalue weighted by Crippen LogP contribution is -2.75. The molecule has 28 heteroatoms. The van der Waals surface area contributed by atoms with Crippen molar-refractivity contribution in [3.8, 4) is 0 Å². The summed E-state index contributed by atoms with van der Waals surface area (Å²) in [6, 6.07) is 10.9. The van der Waals surface area contributed by atoms with E-state index in [0.717, 1.165) is 10.9 Å². The number of carbonyl (C=O) groups is 1. The lowest BCUT2D eigenvalue weighted by molar-refractivity contribution is -0.662. The quantitative estimate of drug-likeness (QED) is 0.0965. The van der Waals surface area contributed by atoms with E-state index in [0.29, 0.717) is 12.1 Å². The number of rotatable bonds is 7. The predicted molar refractivity (Wildman–Crippen MR) is 228 cm³/mol. The van der Waals surface area contributed by atoms with Crippen LogP contribution in [0, 0.1) is 0 Å². The Hall–Kier alpha value is -7.42. The molecule has 0 saturated heterocycles. The number of benzene rings is 6. The molecular formula is C49H27BF24N2O. The summed E-state index contributed by atoms with van der Waals surface area (Å²) in [5.74, 6) is -0.399.